The lowest BCUT2D eigenvalue weighted by molar-refractivity contribution is 0.458. The molecule has 1 aromatic heterocycles. The molecule has 3 nitrogen and oxygen atoms in total. The fourth-order valence-corrected chi connectivity index (χ4v) is 2.93. The minimum Gasteiger partial charge on any atom is -0.335 e. The van der Waals surface area contributed by atoms with Crippen molar-refractivity contribution in [2.45, 2.75) is 38.8 Å². The minimum atomic E-state index is -0.834. The van der Waals surface area contributed by atoms with Gasteiger partial charge < -0.3 is 10.3 Å². The summed E-state index contributed by atoms with van der Waals surface area (Å²) in [6.07, 6.45) is 5.12. The van der Waals surface area contributed by atoms with Crippen molar-refractivity contribution >= 4 is 23.2 Å². The molecular weight excluding hydrogens is 312 g/mol. The second-order valence-electron chi connectivity index (χ2n) is 5.38. The number of nitrogens with zero attached hydrogens (tertiary/aromatic N) is 2. The maximum atomic E-state index is 13.7. The summed E-state index contributed by atoms with van der Waals surface area (Å²) in [5, 5.41) is 0.354. The molecule has 2 N–H and O–H groups in total. The highest BCUT2D eigenvalue weighted by Gasteiger charge is 2.27. The highest BCUT2D eigenvalue weighted by molar-refractivity contribution is 6.35. The predicted molar refractivity (Wildman–Crippen MR) is 84.2 cm³/mol. The van der Waals surface area contributed by atoms with E-state index in [9.17, 15) is 4.39 Å². The summed E-state index contributed by atoms with van der Waals surface area (Å²) in [7, 11) is 0. The van der Waals surface area contributed by atoms with Gasteiger partial charge in [-0.1, -0.05) is 30.1 Å². The van der Waals surface area contributed by atoms with E-state index in [1.165, 1.54) is 12.1 Å². The van der Waals surface area contributed by atoms with Crippen molar-refractivity contribution in [2.75, 3.05) is 0 Å². The molecule has 2 rings (SSSR count). The molecule has 114 valence electrons. The van der Waals surface area contributed by atoms with Crippen LogP contribution in [-0.4, -0.2) is 9.55 Å². The number of nitrogens with two attached hydrogens (primary N) is 1. The number of halogens is 3. The Kier molecular flexibility index (Phi) is 4.91. The van der Waals surface area contributed by atoms with E-state index >= 15 is 0 Å². The van der Waals surface area contributed by atoms with E-state index in [1.54, 1.807) is 6.20 Å². The summed E-state index contributed by atoms with van der Waals surface area (Å²) in [4.78, 5) is 4.34. The van der Waals surface area contributed by atoms with Crippen molar-refractivity contribution in [3.63, 3.8) is 0 Å². The van der Waals surface area contributed by atoms with Crippen LogP contribution in [0.15, 0.2) is 24.5 Å². The zero-order chi connectivity index (χ0) is 15.6. The van der Waals surface area contributed by atoms with Gasteiger partial charge in [0.05, 0.1) is 5.02 Å². The Hall–Kier alpha value is -1.10. The van der Waals surface area contributed by atoms with Crippen molar-refractivity contribution in [1.29, 1.82) is 0 Å². The van der Waals surface area contributed by atoms with Gasteiger partial charge in [-0.15, -0.1) is 0 Å². The quantitative estimate of drug-likeness (QED) is 0.837. The topological polar surface area (TPSA) is 43.8 Å². The number of imidazole rings is 1. The summed E-state index contributed by atoms with van der Waals surface area (Å²) in [5.74, 6) is 0.331. The van der Waals surface area contributed by atoms with Crippen LogP contribution in [-0.2, 0) is 18.5 Å². The van der Waals surface area contributed by atoms with Gasteiger partial charge in [-0.3, -0.25) is 0 Å². The third-order valence-electron chi connectivity index (χ3n) is 3.42. The van der Waals surface area contributed by atoms with Gasteiger partial charge in [-0.25, -0.2) is 9.37 Å². The third kappa shape index (κ3) is 3.57. The molecule has 0 aliphatic heterocycles. The maximum absolute atomic E-state index is 13.7. The van der Waals surface area contributed by atoms with E-state index in [0.29, 0.717) is 17.0 Å². The molecule has 0 bridgehead atoms. The molecule has 0 saturated heterocycles. The molecular formula is C15H18Cl2FN3. The molecule has 0 radical (unpaired) electrons. The summed E-state index contributed by atoms with van der Waals surface area (Å²) in [5.41, 5.74) is 6.06. The summed E-state index contributed by atoms with van der Waals surface area (Å²) in [6.45, 7) is 4.78. The highest BCUT2D eigenvalue weighted by atomic mass is 35.5. The van der Waals surface area contributed by atoms with Gasteiger partial charge in [0, 0.05) is 35.9 Å². The molecule has 1 aromatic carbocycles. The Morgan fingerprint density at radius 1 is 1.33 bits per heavy atom. The number of rotatable bonds is 5. The van der Waals surface area contributed by atoms with Gasteiger partial charge in [0.15, 0.2) is 0 Å². The first-order valence-electron chi connectivity index (χ1n) is 6.79. The molecule has 1 heterocycles. The average Bonchev–Trinajstić information content (AvgIpc) is 2.81. The van der Waals surface area contributed by atoms with Crippen LogP contribution in [0.4, 0.5) is 4.39 Å². The summed E-state index contributed by atoms with van der Waals surface area (Å²) < 4.78 is 15.7. The molecule has 0 fully saturated rings. The first kappa shape index (κ1) is 16.3. The van der Waals surface area contributed by atoms with Crippen LogP contribution in [0.5, 0.6) is 0 Å². The molecule has 0 spiro atoms. The van der Waals surface area contributed by atoms with Gasteiger partial charge in [0.1, 0.15) is 11.6 Å². The zero-order valence-electron chi connectivity index (χ0n) is 12.0. The molecule has 0 amide bonds. The standard InChI is InChI=1S/C15H18Cl2FN3/c1-3-5-21-6-4-20-14(21)9-15(2,19)10-7-13(18)12(17)8-11(10)16/h4,6-8H,3,5,9,19H2,1-2H3. The van der Waals surface area contributed by atoms with E-state index < -0.39 is 11.4 Å². The van der Waals surface area contributed by atoms with Crippen LogP contribution in [0.25, 0.3) is 0 Å². The van der Waals surface area contributed by atoms with Gasteiger partial charge in [-0.05, 0) is 31.0 Å². The van der Waals surface area contributed by atoms with Crippen molar-refractivity contribution < 1.29 is 4.39 Å². The van der Waals surface area contributed by atoms with Crippen molar-refractivity contribution in [3.8, 4) is 0 Å². The Morgan fingerprint density at radius 3 is 2.71 bits per heavy atom. The first-order chi connectivity index (χ1) is 9.85. The van der Waals surface area contributed by atoms with Crippen LogP contribution in [0.2, 0.25) is 10.0 Å². The maximum Gasteiger partial charge on any atom is 0.142 e. The average molecular weight is 330 g/mol. The number of aryl methyl sites for hydroxylation is 1. The van der Waals surface area contributed by atoms with Crippen LogP contribution in [0.3, 0.4) is 0 Å². The second kappa shape index (κ2) is 6.34. The Bertz CT molecular complexity index is 638. The van der Waals surface area contributed by atoms with Crippen LogP contribution < -0.4 is 5.73 Å². The van der Waals surface area contributed by atoms with E-state index in [4.69, 9.17) is 28.9 Å². The Labute approximate surface area is 133 Å². The number of hydrogen-bond acceptors (Lipinski definition) is 2. The lowest BCUT2D eigenvalue weighted by atomic mass is 9.89. The van der Waals surface area contributed by atoms with Gasteiger partial charge in [-0.2, -0.15) is 0 Å². The molecule has 1 atom stereocenters. The molecule has 0 aliphatic carbocycles. The summed E-state index contributed by atoms with van der Waals surface area (Å²) in [6, 6.07) is 2.69. The first-order valence-corrected chi connectivity index (χ1v) is 7.54. The van der Waals surface area contributed by atoms with Gasteiger partial charge >= 0.3 is 0 Å². The SMILES string of the molecule is CCCn1ccnc1CC(C)(N)c1cc(F)c(Cl)cc1Cl. The smallest absolute Gasteiger partial charge is 0.142 e. The molecule has 1 unspecified atom stereocenters. The monoisotopic (exact) mass is 329 g/mol. The highest BCUT2D eigenvalue weighted by Crippen LogP contribution is 2.32. The van der Waals surface area contributed by atoms with Gasteiger partial charge in [0.25, 0.3) is 0 Å². The lowest BCUT2D eigenvalue weighted by Gasteiger charge is -2.26. The van der Waals surface area contributed by atoms with E-state index in [1.807, 2.05) is 17.7 Å². The normalized spacial score (nSPS) is 14.2. The molecule has 0 saturated carbocycles. The molecule has 0 aliphatic rings. The molecule has 6 heteroatoms. The largest absolute Gasteiger partial charge is 0.335 e. The number of hydrogen-bond donors (Lipinski definition) is 1. The fourth-order valence-electron chi connectivity index (χ4n) is 2.34. The minimum absolute atomic E-state index is 0.00738. The third-order valence-corrected chi connectivity index (χ3v) is 4.02. The van der Waals surface area contributed by atoms with E-state index in [2.05, 4.69) is 11.9 Å². The van der Waals surface area contributed by atoms with Crippen molar-refractivity contribution in [2.24, 2.45) is 5.73 Å². The van der Waals surface area contributed by atoms with E-state index in [-0.39, 0.29) is 5.02 Å². The van der Waals surface area contributed by atoms with Crippen LogP contribution >= 0.6 is 23.2 Å². The Balaban J connectivity index is 2.33. The van der Waals surface area contributed by atoms with Crippen LogP contribution in [0, 0.1) is 5.82 Å². The van der Waals surface area contributed by atoms with Crippen molar-refractivity contribution in [1.82, 2.24) is 9.55 Å². The van der Waals surface area contributed by atoms with E-state index in [0.717, 1.165) is 18.8 Å². The fraction of sp³-hybridized carbons (Fsp3) is 0.400. The molecule has 21 heavy (non-hydrogen) atoms. The number of aromatic nitrogens is 2. The van der Waals surface area contributed by atoms with Gasteiger partial charge in [0.2, 0.25) is 0 Å². The predicted octanol–water partition coefficient (Wildman–Crippen LogP) is 4.16. The van der Waals surface area contributed by atoms with Crippen molar-refractivity contribution in [3.05, 3.63) is 51.8 Å². The second-order valence-corrected chi connectivity index (χ2v) is 6.19. The number of benzene rings is 1. The zero-order valence-corrected chi connectivity index (χ0v) is 13.5. The van der Waals surface area contributed by atoms with Crippen LogP contribution in [0.1, 0.15) is 31.7 Å². The summed E-state index contributed by atoms with van der Waals surface area (Å²) >= 11 is 11.9. The Morgan fingerprint density at radius 2 is 2.05 bits per heavy atom. The lowest BCUT2D eigenvalue weighted by Crippen LogP contribution is -2.37. The molecule has 2 aromatic rings.